The van der Waals surface area contributed by atoms with Gasteiger partial charge in [0, 0.05) is 24.0 Å². The number of nitrogens with zero attached hydrogens (tertiary/aromatic N) is 1. The van der Waals surface area contributed by atoms with Crippen molar-refractivity contribution in [1.29, 1.82) is 0 Å². The molecule has 0 aliphatic heterocycles. The average molecular weight is 263 g/mol. The zero-order chi connectivity index (χ0) is 13.0. The number of rotatable bonds is 5. The van der Waals surface area contributed by atoms with Crippen molar-refractivity contribution in [2.24, 2.45) is 0 Å². The van der Waals surface area contributed by atoms with Crippen LogP contribution in [0.4, 0.5) is 0 Å². The van der Waals surface area contributed by atoms with Gasteiger partial charge in [-0.2, -0.15) is 0 Å². The molecule has 4 heteroatoms. The van der Waals surface area contributed by atoms with Gasteiger partial charge in [-0.25, -0.2) is 4.98 Å². The molecule has 0 atom stereocenters. The van der Waals surface area contributed by atoms with E-state index in [0.717, 1.165) is 28.4 Å². The summed E-state index contributed by atoms with van der Waals surface area (Å²) >= 11 is 1.57. The normalized spacial score (nSPS) is 10.6. The van der Waals surface area contributed by atoms with Crippen molar-refractivity contribution < 1.29 is 9.84 Å². The van der Waals surface area contributed by atoms with Gasteiger partial charge in [-0.1, -0.05) is 13.0 Å². The summed E-state index contributed by atoms with van der Waals surface area (Å²) < 4.78 is 5.38. The Hall–Kier alpha value is -1.39. The zero-order valence-electron chi connectivity index (χ0n) is 10.6. The minimum absolute atomic E-state index is 0.138. The molecule has 96 valence electrons. The predicted molar refractivity (Wildman–Crippen MR) is 74.3 cm³/mol. The Morgan fingerprint density at radius 2 is 2.22 bits per heavy atom. The molecule has 0 aliphatic rings. The van der Waals surface area contributed by atoms with Crippen molar-refractivity contribution in [2.75, 3.05) is 13.7 Å². The van der Waals surface area contributed by atoms with Crippen LogP contribution in [0.3, 0.4) is 0 Å². The Balaban J connectivity index is 2.40. The van der Waals surface area contributed by atoms with E-state index in [1.807, 2.05) is 11.4 Å². The summed E-state index contributed by atoms with van der Waals surface area (Å²) in [6.07, 6.45) is 1.60. The van der Waals surface area contributed by atoms with Crippen molar-refractivity contribution in [3.05, 3.63) is 34.2 Å². The second-order valence-electron chi connectivity index (χ2n) is 3.99. The first-order chi connectivity index (χ1) is 8.78. The first-order valence-electron chi connectivity index (χ1n) is 6.01. The van der Waals surface area contributed by atoms with E-state index in [4.69, 9.17) is 9.84 Å². The van der Waals surface area contributed by atoms with Crippen LogP contribution in [-0.2, 0) is 12.8 Å². The molecule has 1 aromatic heterocycles. The molecule has 0 unspecified atom stereocenters. The second-order valence-corrected chi connectivity index (χ2v) is 4.93. The maximum atomic E-state index is 8.92. The number of thiazole rings is 1. The first kappa shape index (κ1) is 13.1. The van der Waals surface area contributed by atoms with E-state index in [2.05, 4.69) is 24.0 Å². The Morgan fingerprint density at radius 1 is 1.39 bits per heavy atom. The third kappa shape index (κ3) is 2.71. The molecule has 0 spiro atoms. The highest BCUT2D eigenvalue weighted by Gasteiger charge is 2.10. The molecule has 0 bridgehead atoms. The Kier molecular flexibility index (Phi) is 4.33. The lowest BCUT2D eigenvalue weighted by Gasteiger charge is -2.08. The molecule has 0 saturated heterocycles. The number of ether oxygens (including phenoxy) is 1. The number of aryl methyl sites for hydroxylation is 1. The van der Waals surface area contributed by atoms with Crippen LogP contribution in [0.15, 0.2) is 23.6 Å². The second kappa shape index (κ2) is 5.98. The summed E-state index contributed by atoms with van der Waals surface area (Å²) in [6.45, 7) is 2.27. The number of aliphatic hydroxyl groups excluding tert-OH is 1. The average Bonchev–Trinajstić information content (AvgIpc) is 2.87. The lowest BCUT2D eigenvalue weighted by atomic mass is 10.1. The molecular formula is C14H17NO2S. The molecule has 0 radical (unpaired) electrons. The van der Waals surface area contributed by atoms with Gasteiger partial charge in [0.25, 0.3) is 0 Å². The topological polar surface area (TPSA) is 42.4 Å². The Bertz CT molecular complexity index is 522. The van der Waals surface area contributed by atoms with Crippen LogP contribution in [-0.4, -0.2) is 23.8 Å². The quantitative estimate of drug-likeness (QED) is 0.902. The van der Waals surface area contributed by atoms with Crippen LogP contribution in [0, 0.1) is 0 Å². The Labute approximate surface area is 111 Å². The highest BCUT2D eigenvalue weighted by atomic mass is 32.1. The SMILES string of the molecule is CCc1ccc(OC)c(-c2csc(CCO)n2)c1. The first-order valence-corrected chi connectivity index (χ1v) is 6.89. The molecule has 1 heterocycles. The molecule has 18 heavy (non-hydrogen) atoms. The molecule has 0 aliphatic carbocycles. The minimum atomic E-state index is 0.138. The van der Waals surface area contributed by atoms with Crippen molar-refractivity contribution >= 4 is 11.3 Å². The number of hydrogen-bond acceptors (Lipinski definition) is 4. The summed E-state index contributed by atoms with van der Waals surface area (Å²) in [5.74, 6) is 0.841. The summed E-state index contributed by atoms with van der Waals surface area (Å²) in [4.78, 5) is 4.53. The lowest BCUT2D eigenvalue weighted by Crippen LogP contribution is -1.92. The molecule has 0 amide bonds. The van der Waals surface area contributed by atoms with Crippen LogP contribution in [0.25, 0.3) is 11.3 Å². The zero-order valence-corrected chi connectivity index (χ0v) is 11.5. The van der Waals surface area contributed by atoms with E-state index in [-0.39, 0.29) is 6.61 Å². The predicted octanol–water partition coefficient (Wildman–Crippen LogP) is 2.92. The largest absolute Gasteiger partial charge is 0.496 e. The smallest absolute Gasteiger partial charge is 0.128 e. The van der Waals surface area contributed by atoms with E-state index < -0.39 is 0 Å². The third-order valence-corrected chi connectivity index (χ3v) is 3.73. The summed E-state index contributed by atoms with van der Waals surface area (Å²) in [6, 6.07) is 6.18. The molecule has 1 N–H and O–H groups in total. The van der Waals surface area contributed by atoms with E-state index in [0.29, 0.717) is 6.42 Å². The van der Waals surface area contributed by atoms with Crippen molar-refractivity contribution in [3.63, 3.8) is 0 Å². The van der Waals surface area contributed by atoms with Gasteiger partial charge in [0.2, 0.25) is 0 Å². The molecule has 3 nitrogen and oxygen atoms in total. The van der Waals surface area contributed by atoms with Gasteiger partial charge in [-0.3, -0.25) is 0 Å². The van der Waals surface area contributed by atoms with Crippen LogP contribution in [0.1, 0.15) is 17.5 Å². The maximum Gasteiger partial charge on any atom is 0.128 e. The fourth-order valence-electron chi connectivity index (χ4n) is 1.82. The van der Waals surface area contributed by atoms with Gasteiger partial charge >= 0.3 is 0 Å². The van der Waals surface area contributed by atoms with Gasteiger partial charge in [-0.05, 0) is 24.1 Å². The minimum Gasteiger partial charge on any atom is -0.496 e. The van der Waals surface area contributed by atoms with Crippen molar-refractivity contribution in [2.45, 2.75) is 19.8 Å². The van der Waals surface area contributed by atoms with Gasteiger partial charge in [0.05, 0.1) is 17.8 Å². The lowest BCUT2D eigenvalue weighted by molar-refractivity contribution is 0.299. The number of benzene rings is 1. The highest BCUT2D eigenvalue weighted by Crippen LogP contribution is 2.31. The number of methoxy groups -OCH3 is 1. The van der Waals surface area contributed by atoms with E-state index >= 15 is 0 Å². The monoisotopic (exact) mass is 263 g/mol. The van der Waals surface area contributed by atoms with Crippen LogP contribution < -0.4 is 4.74 Å². The third-order valence-electron chi connectivity index (χ3n) is 2.83. The summed E-state index contributed by atoms with van der Waals surface area (Å²) in [5.41, 5.74) is 3.22. The van der Waals surface area contributed by atoms with Crippen LogP contribution in [0.2, 0.25) is 0 Å². The van der Waals surface area contributed by atoms with Crippen LogP contribution in [0.5, 0.6) is 5.75 Å². The highest BCUT2D eigenvalue weighted by molar-refractivity contribution is 7.09. The Morgan fingerprint density at radius 3 is 2.89 bits per heavy atom. The number of aliphatic hydroxyl groups is 1. The van der Waals surface area contributed by atoms with E-state index in [9.17, 15) is 0 Å². The number of hydrogen-bond donors (Lipinski definition) is 1. The molecule has 2 rings (SSSR count). The standard InChI is InChI=1S/C14H17NO2S/c1-3-10-4-5-13(17-2)11(8-10)12-9-18-14(15-12)6-7-16/h4-5,8-9,16H,3,6-7H2,1-2H3. The maximum absolute atomic E-state index is 8.92. The van der Waals surface area contributed by atoms with Gasteiger partial charge < -0.3 is 9.84 Å². The van der Waals surface area contributed by atoms with Gasteiger partial charge in [-0.15, -0.1) is 11.3 Å². The van der Waals surface area contributed by atoms with Gasteiger partial charge in [0.15, 0.2) is 0 Å². The fourth-order valence-corrected chi connectivity index (χ4v) is 2.61. The molecule has 2 aromatic rings. The molecule has 0 fully saturated rings. The van der Waals surface area contributed by atoms with Crippen LogP contribution >= 0.6 is 11.3 Å². The molecular weight excluding hydrogens is 246 g/mol. The summed E-state index contributed by atoms with van der Waals surface area (Å²) in [7, 11) is 1.67. The van der Waals surface area contributed by atoms with Crippen molar-refractivity contribution in [3.8, 4) is 17.0 Å². The van der Waals surface area contributed by atoms with Crippen molar-refractivity contribution in [1.82, 2.24) is 4.98 Å². The molecule has 0 saturated carbocycles. The van der Waals surface area contributed by atoms with Gasteiger partial charge in [0.1, 0.15) is 5.75 Å². The van der Waals surface area contributed by atoms with E-state index in [1.54, 1.807) is 18.4 Å². The fraction of sp³-hybridized carbons (Fsp3) is 0.357. The molecule has 1 aromatic carbocycles. The summed E-state index contributed by atoms with van der Waals surface area (Å²) in [5, 5.41) is 11.9. The van der Waals surface area contributed by atoms with E-state index in [1.165, 1.54) is 5.56 Å². The number of aromatic nitrogens is 1.